The van der Waals surface area contributed by atoms with Crippen LogP contribution < -0.4 is 0 Å². The van der Waals surface area contributed by atoms with Gasteiger partial charge in [0.25, 0.3) is 0 Å². The zero-order valence-electron chi connectivity index (χ0n) is 25.4. The fraction of sp³-hybridized carbons (Fsp3) is 0.190. The molecule has 8 rings (SSSR count). The molecule has 0 heteroatoms. The van der Waals surface area contributed by atoms with E-state index in [-0.39, 0.29) is 10.8 Å². The second-order valence-electron chi connectivity index (χ2n) is 13.6. The SMILES string of the molecule is Cc1ccc(-c2ccc3c(c2)C(C)(C)c2cc4c5c(cccc5c2-3)C(C)(C)c2cc(-c3ccc(C)cc3)ccc2-4)cc1. The minimum Gasteiger partial charge on any atom is -0.0613 e. The molecule has 0 nitrogen and oxygen atoms in total. The number of benzene rings is 6. The Morgan fingerprint density at radius 3 is 1.50 bits per heavy atom. The predicted molar refractivity (Wildman–Crippen MR) is 179 cm³/mol. The Morgan fingerprint density at radius 1 is 0.405 bits per heavy atom. The average molecular weight is 541 g/mol. The summed E-state index contributed by atoms with van der Waals surface area (Å²) in [6.45, 7) is 13.9. The number of rotatable bonds is 2. The van der Waals surface area contributed by atoms with Crippen LogP contribution in [0.2, 0.25) is 0 Å². The third-order valence-electron chi connectivity index (χ3n) is 10.2. The van der Waals surface area contributed by atoms with Crippen LogP contribution in [0, 0.1) is 13.8 Å². The van der Waals surface area contributed by atoms with Crippen molar-refractivity contribution in [2.75, 3.05) is 0 Å². The molecule has 0 unspecified atom stereocenters. The van der Waals surface area contributed by atoms with Gasteiger partial charge in [-0.15, -0.1) is 0 Å². The molecular formula is C42H36. The van der Waals surface area contributed by atoms with E-state index in [1.807, 2.05) is 0 Å². The van der Waals surface area contributed by atoms with E-state index in [4.69, 9.17) is 0 Å². The van der Waals surface area contributed by atoms with Crippen molar-refractivity contribution in [1.82, 2.24) is 0 Å². The molecule has 0 amide bonds. The summed E-state index contributed by atoms with van der Waals surface area (Å²) in [5, 5.41) is 2.80. The first-order valence-electron chi connectivity index (χ1n) is 15.2. The first-order chi connectivity index (χ1) is 20.1. The summed E-state index contributed by atoms with van der Waals surface area (Å²) in [4.78, 5) is 0. The highest BCUT2D eigenvalue weighted by Gasteiger charge is 2.41. The second-order valence-corrected chi connectivity index (χ2v) is 13.6. The van der Waals surface area contributed by atoms with Gasteiger partial charge >= 0.3 is 0 Å². The third kappa shape index (κ3) is 3.42. The number of fused-ring (bicyclic) bond motifs is 6. The van der Waals surface area contributed by atoms with Crippen molar-refractivity contribution in [3.05, 3.63) is 143 Å². The number of aryl methyl sites for hydroxylation is 2. The maximum absolute atomic E-state index is 2.53. The van der Waals surface area contributed by atoms with E-state index in [2.05, 4.69) is 151 Å². The van der Waals surface area contributed by atoms with E-state index in [0.717, 1.165) is 0 Å². The van der Waals surface area contributed by atoms with Crippen molar-refractivity contribution in [3.63, 3.8) is 0 Å². The largest absolute Gasteiger partial charge is 0.0613 e. The molecule has 0 atom stereocenters. The maximum Gasteiger partial charge on any atom is 0.0159 e. The summed E-state index contributed by atoms with van der Waals surface area (Å²) in [5.74, 6) is 0. The molecule has 0 aromatic heterocycles. The lowest BCUT2D eigenvalue weighted by Gasteiger charge is -2.36. The Kier molecular flexibility index (Phi) is 5.15. The lowest BCUT2D eigenvalue weighted by molar-refractivity contribution is 0.644. The lowest BCUT2D eigenvalue weighted by atomic mass is 9.67. The average Bonchev–Trinajstić information content (AvgIpc) is 3.22. The van der Waals surface area contributed by atoms with Gasteiger partial charge in [-0.1, -0.05) is 130 Å². The normalized spacial score (nSPS) is 15.3. The smallest absolute Gasteiger partial charge is 0.0159 e. The Bertz CT molecular complexity index is 2070. The molecule has 0 N–H and O–H groups in total. The summed E-state index contributed by atoms with van der Waals surface area (Å²) >= 11 is 0. The molecule has 2 aliphatic carbocycles. The minimum absolute atomic E-state index is 0.0962. The Balaban J connectivity index is 1.37. The Morgan fingerprint density at radius 2 is 0.905 bits per heavy atom. The lowest BCUT2D eigenvalue weighted by Crippen LogP contribution is -2.24. The fourth-order valence-electron chi connectivity index (χ4n) is 7.72. The molecule has 42 heavy (non-hydrogen) atoms. The molecule has 0 fully saturated rings. The van der Waals surface area contributed by atoms with E-state index in [0.29, 0.717) is 0 Å². The minimum atomic E-state index is -0.108. The van der Waals surface area contributed by atoms with Crippen LogP contribution in [0.1, 0.15) is 61.1 Å². The van der Waals surface area contributed by atoms with Gasteiger partial charge in [-0.2, -0.15) is 0 Å². The van der Waals surface area contributed by atoms with Crippen LogP contribution in [0.4, 0.5) is 0 Å². The van der Waals surface area contributed by atoms with Crippen molar-refractivity contribution in [1.29, 1.82) is 0 Å². The Labute approximate surface area is 249 Å². The first kappa shape index (κ1) is 25.3. The molecule has 0 heterocycles. The van der Waals surface area contributed by atoms with E-state index in [9.17, 15) is 0 Å². The number of hydrogen-bond donors (Lipinski definition) is 0. The molecule has 0 saturated heterocycles. The topological polar surface area (TPSA) is 0 Å². The summed E-state index contributed by atoms with van der Waals surface area (Å²) < 4.78 is 0. The molecule has 204 valence electrons. The molecule has 2 aliphatic rings. The molecule has 0 saturated carbocycles. The summed E-state index contributed by atoms with van der Waals surface area (Å²) in [7, 11) is 0. The van der Waals surface area contributed by atoms with Gasteiger partial charge in [0.05, 0.1) is 0 Å². The predicted octanol–water partition coefficient (Wildman–Crippen LogP) is 11.4. The van der Waals surface area contributed by atoms with Gasteiger partial charge in [-0.05, 0) is 110 Å². The van der Waals surface area contributed by atoms with E-state index in [1.165, 1.54) is 88.7 Å². The monoisotopic (exact) mass is 540 g/mol. The van der Waals surface area contributed by atoms with Gasteiger partial charge in [0.15, 0.2) is 0 Å². The van der Waals surface area contributed by atoms with Crippen molar-refractivity contribution in [2.45, 2.75) is 52.4 Å². The molecule has 6 aromatic carbocycles. The standard InChI is InChI=1S/C42H36/c1-25-10-14-27(15-11-25)29-18-20-31-34-24-38-39(33-8-7-9-35(40(33)34)41(3,4)36(31)22-29)32-21-19-30(23-37(32)42(38,5)6)28-16-12-26(2)13-17-28/h7-24H,1-6H3. The highest BCUT2D eigenvalue weighted by Crippen LogP contribution is 2.57. The second kappa shape index (κ2) is 8.55. The van der Waals surface area contributed by atoms with Crippen LogP contribution in [-0.4, -0.2) is 0 Å². The maximum atomic E-state index is 2.53. The summed E-state index contributed by atoms with van der Waals surface area (Å²) in [6.07, 6.45) is 0. The van der Waals surface area contributed by atoms with Crippen molar-refractivity contribution in [3.8, 4) is 44.5 Å². The molecule has 0 bridgehead atoms. The van der Waals surface area contributed by atoms with Crippen LogP contribution >= 0.6 is 0 Å². The first-order valence-corrected chi connectivity index (χ1v) is 15.2. The van der Waals surface area contributed by atoms with Gasteiger partial charge in [-0.25, -0.2) is 0 Å². The fourth-order valence-corrected chi connectivity index (χ4v) is 7.72. The zero-order valence-corrected chi connectivity index (χ0v) is 25.4. The van der Waals surface area contributed by atoms with Crippen molar-refractivity contribution < 1.29 is 0 Å². The van der Waals surface area contributed by atoms with Gasteiger partial charge in [0.2, 0.25) is 0 Å². The summed E-state index contributed by atoms with van der Waals surface area (Å²) in [5.41, 5.74) is 18.8. The van der Waals surface area contributed by atoms with E-state index in [1.54, 1.807) is 0 Å². The summed E-state index contributed by atoms with van der Waals surface area (Å²) in [6, 6.07) is 41.7. The van der Waals surface area contributed by atoms with Crippen LogP contribution in [0.25, 0.3) is 55.3 Å². The van der Waals surface area contributed by atoms with Gasteiger partial charge < -0.3 is 0 Å². The van der Waals surface area contributed by atoms with Crippen molar-refractivity contribution >= 4 is 10.8 Å². The van der Waals surface area contributed by atoms with Crippen molar-refractivity contribution in [2.24, 2.45) is 0 Å². The highest BCUT2D eigenvalue weighted by atomic mass is 14.4. The number of hydrogen-bond acceptors (Lipinski definition) is 0. The highest BCUT2D eigenvalue weighted by molar-refractivity contribution is 6.12. The molecule has 0 aliphatic heterocycles. The third-order valence-corrected chi connectivity index (χ3v) is 10.2. The van der Waals surface area contributed by atoms with Crippen LogP contribution in [0.15, 0.2) is 109 Å². The van der Waals surface area contributed by atoms with Crippen LogP contribution in [-0.2, 0) is 10.8 Å². The molecule has 6 aromatic rings. The van der Waals surface area contributed by atoms with Crippen LogP contribution in [0.3, 0.4) is 0 Å². The quantitative estimate of drug-likeness (QED) is 0.205. The van der Waals surface area contributed by atoms with Gasteiger partial charge in [0.1, 0.15) is 0 Å². The van der Waals surface area contributed by atoms with Gasteiger partial charge in [0, 0.05) is 10.8 Å². The van der Waals surface area contributed by atoms with E-state index < -0.39 is 0 Å². The molecule has 0 radical (unpaired) electrons. The molecule has 0 spiro atoms. The van der Waals surface area contributed by atoms with Crippen LogP contribution in [0.5, 0.6) is 0 Å². The Hall–Kier alpha value is -4.42. The molecular weight excluding hydrogens is 504 g/mol. The zero-order chi connectivity index (χ0) is 29.0. The van der Waals surface area contributed by atoms with E-state index >= 15 is 0 Å². The van der Waals surface area contributed by atoms with Gasteiger partial charge in [-0.3, -0.25) is 0 Å².